The smallest absolute Gasteiger partial charge is 0.410 e. The number of oxazole rings is 1. The first-order chi connectivity index (χ1) is 18.7. The minimum atomic E-state index is -4.31. The molecule has 39 heavy (non-hydrogen) atoms. The quantitative estimate of drug-likeness (QED) is 0.231. The summed E-state index contributed by atoms with van der Waals surface area (Å²) in [4.78, 5) is 34.5. The van der Waals surface area contributed by atoms with Gasteiger partial charge in [-0.15, -0.1) is 0 Å². The largest absolute Gasteiger partial charge is 0.447 e. The summed E-state index contributed by atoms with van der Waals surface area (Å²) in [5.41, 5.74) is 2.03. The van der Waals surface area contributed by atoms with Crippen LogP contribution in [0.3, 0.4) is 0 Å². The summed E-state index contributed by atoms with van der Waals surface area (Å²) in [6.45, 7) is -0.0354. The highest BCUT2D eigenvalue weighted by atomic mass is 32.2. The summed E-state index contributed by atoms with van der Waals surface area (Å²) < 4.78 is 62.5. The van der Waals surface area contributed by atoms with Gasteiger partial charge >= 0.3 is 12.2 Å². The predicted molar refractivity (Wildman–Crippen MR) is 128 cm³/mol. The van der Waals surface area contributed by atoms with Gasteiger partial charge in [-0.2, -0.15) is 9.29 Å². The van der Waals surface area contributed by atoms with Gasteiger partial charge in [0.2, 0.25) is 15.9 Å². The molecule has 2 saturated heterocycles. The van der Waals surface area contributed by atoms with Crippen molar-refractivity contribution in [2.45, 2.75) is 35.9 Å². The number of pyridine rings is 1. The Hall–Kier alpha value is -3.86. The van der Waals surface area contributed by atoms with Crippen molar-refractivity contribution in [1.29, 1.82) is 0 Å². The third kappa shape index (κ3) is 5.10. The van der Waals surface area contributed by atoms with Crippen molar-refractivity contribution >= 4 is 33.1 Å². The van der Waals surface area contributed by atoms with Crippen LogP contribution in [-0.2, 0) is 24.3 Å². The zero-order valence-electron chi connectivity index (χ0n) is 20.5. The molecule has 2 fully saturated rings. The molecule has 0 unspecified atom stereocenters. The maximum Gasteiger partial charge on any atom is 0.410 e. The fourth-order valence-corrected chi connectivity index (χ4v) is 6.43. The van der Waals surface area contributed by atoms with Gasteiger partial charge in [0.05, 0.1) is 18.8 Å². The predicted octanol–water partition coefficient (Wildman–Crippen LogP) is 1.65. The highest BCUT2D eigenvalue weighted by Gasteiger charge is 2.55. The van der Waals surface area contributed by atoms with Crippen LogP contribution in [0.2, 0.25) is 0 Å². The molecular weight excluding hydrogens is 541 g/mol. The van der Waals surface area contributed by atoms with Crippen LogP contribution in [0.15, 0.2) is 45.8 Å². The van der Waals surface area contributed by atoms with Crippen LogP contribution >= 0.6 is 0 Å². The molecular formula is C23H24FN5O9S. The monoisotopic (exact) mass is 565 g/mol. The minimum absolute atomic E-state index is 0.00925. The molecule has 3 atom stereocenters. The molecule has 16 heteroatoms. The fraction of sp³-hybridized carbons (Fsp3) is 0.391. The van der Waals surface area contributed by atoms with Gasteiger partial charge in [-0.1, -0.05) is 0 Å². The summed E-state index contributed by atoms with van der Waals surface area (Å²) in [5.74, 6) is -1.53. The number of amides is 2. The lowest BCUT2D eigenvalue weighted by Crippen LogP contribution is -2.66. The molecule has 14 nitrogen and oxygen atoms in total. The number of carbonyl (C=O) groups is 2. The van der Waals surface area contributed by atoms with Gasteiger partial charge in [-0.05, 0) is 31.0 Å². The fourth-order valence-electron chi connectivity index (χ4n) is 4.83. The number of carbonyl (C=O) groups excluding carboxylic acids is 2. The number of rotatable bonds is 8. The Labute approximate surface area is 221 Å². The van der Waals surface area contributed by atoms with Crippen molar-refractivity contribution in [2.24, 2.45) is 0 Å². The van der Waals surface area contributed by atoms with Gasteiger partial charge in [0.25, 0.3) is 5.91 Å². The number of halogens is 1. The average molecular weight is 566 g/mol. The molecule has 2 amide bonds. The van der Waals surface area contributed by atoms with Crippen LogP contribution in [0.1, 0.15) is 12.8 Å². The van der Waals surface area contributed by atoms with E-state index < -0.39 is 46.0 Å². The number of nitrogens with zero attached hydrogens (tertiary/aromatic N) is 4. The van der Waals surface area contributed by atoms with Crippen molar-refractivity contribution in [3.63, 3.8) is 0 Å². The van der Waals surface area contributed by atoms with Crippen LogP contribution in [0.4, 0.5) is 9.18 Å². The van der Waals surface area contributed by atoms with E-state index in [4.69, 9.17) is 18.6 Å². The molecule has 3 aromatic rings. The van der Waals surface area contributed by atoms with Crippen LogP contribution in [-0.4, -0.2) is 89.8 Å². The Morgan fingerprint density at radius 1 is 1.23 bits per heavy atom. The number of methoxy groups -OCH3 is 1. The number of benzene rings is 1. The molecule has 208 valence electrons. The number of fused-ring (bicyclic) bond motifs is 3. The molecule has 5 rings (SSSR count). The van der Waals surface area contributed by atoms with Gasteiger partial charge in [-0.3, -0.25) is 14.9 Å². The second-order valence-corrected chi connectivity index (χ2v) is 10.7. The maximum absolute atomic E-state index is 13.6. The van der Waals surface area contributed by atoms with Gasteiger partial charge < -0.3 is 18.6 Å². The Balaban J connectivity index is 1.36. The Morgan fingerprint density at radius 2 is 2.05 bits per heavy atom. The van der Waals surface area contributed by atoms with Gasteiger partial charge in [-0.25, -0.2) is 28.1 Å². The number of ether oxygens (including phenoxy) is 3. The molecule has 2 aromatic heterocycles. The standard InChI is InChI=1S/C23H24FN5O9S/c1-35-8-9-36-23(31)29-14-3-5-17(29)20(21(30)27-32)28(12-14)39(33,34)15-4-7-19(25-11-15)38-22-26-16-10-13(24)2-6-18(16)37-22/h2,4,6-7,10-11,14,17,20,32H,3,5,8-9,12H2,1H3,(H,27,30)/t14-,17+,20-/m1/s1. The van der Waals surface area contributed by atoms with E-state index >= 15 is 0 Å². The second-order valence-electron chi connectivity index (χ2n) is 8.83. The molecule has 2 bridgehead atoms. The first-order valence-electron chi connectivity index (χ1n) is 11.8. The van der Waals surface area contributed by atoms with Gasteiger partial charge in [0, 0.05) is 31.8 Å². The zero-order chi connectivity index (χ0) is 27.7. The molecule has 4 heterocycles. The van der Waals surface area contributed by atoms with E-state index in [1.807, 2.05) is 0 Å². The average Bonchev–Trinajstić information content (AvgIpc) is 3.46. The summed E-state index contributed by atoms with van der Waals surface area (Å²) in [7, 11) is -2.86. The SMILES string of the molecule is COCCOC(=O)N1[C@@H]2CC[C@H]1[C@H](C(=O)NO)N(S(=O)(=O)c1ccc(Oc3nc4cc(F)ccc4o3)nc1)C2. The van der Waals surface area contributed by atoms with E-state index in [0.717, 1.165) is 10.5 Å². The van der Waals surface area contributed by atoms with E-state index in [-0.39, 0.29) is 47.7 Å². The lowest BCUT2D eigenvalue weighted by atomic mass is 10.1. The molecule has 0 aliphatic carbocycles. The summed E-state index contributed by atoms with van der Waals surface area (Å²) >= 11 is 0. The van der Waals surface area contributed by atoms with E-state index in [9.17, 15) is 27.6 Å². The Bertz CT molecular complexity index is 1480. The van der Waals surface area contributed by atoms with Crippen molar-refractivity contribution in [2.75, 3.05) is 26.9 Å². The van der Waals surface area contributed by atoms with Crippen molar-refractivity contribution in [1.82, 2.24) is 24.7 Å². The summed E-state index contributed by atoms with van der Waals surface area (Å²) in [6.07, 6.45) is 0.882. The number of hydrogen-bond acceptors (Lipinski definition) is 11. The normalized spacial score (nSPS) is 21.2. The van der Waals surface area contributed by atoms with Crippen molar-refractivity contribution < 1.29 is 46.2 Å². The molecule has 1 aromatic carbocycles. The van der Waals surface area contributed by atoms with Crippen LogP contribution in [0.5, 0.6) is 12.0 Å². The van der Waals surface area contributed by atoms with Crippen molar-refractivity contribution in [3.8, 4) is 12.0 Å². The Morgan fingerprint density at radius 3 is 2.77 bits per heavy atom. The number of nitrogens with one attached hydrogen (secondary N) is 1. The number of sulfonamides is 1. The second kappa shape index (κ2) is 10.7. The van der Waals surface area contributed by atoms with E-state index in [1.165, 1.54) is 47.8 Å². The van der Waals surface area contributed by atoms with Gasteiger partial charge in [0.15, 0.2) is 5.58 Å². The zero-order valence-corrected chi connectivity index (χ0v) is 21.3. The summed E-state index contributed by atoms with van der Waals surface area (Å²) in [5, 5.41) is 9.37. The van der Waals surface area contributed by atoms with Gasteiger partial charge in [0.1, 0.15) is 28.9 Å². The van der Waals surface area contributed by atoms with E-state index in [1.54, 1.807) is 0 Å². The summed E-state index contributed by atoms with van der Waals surface area (Å²) in [6, 6.07) is 3.43. The third-order valence-electron chi connectivity index (χ3n) is 6.55. The van der Waals surface area contributed by atoms with Crippen LogP contribution < -0.4 is 10.2 Å². The van der Waals surface area contributed by atoms with Crippen LogP contribution in [0.25, 0.3) is 11.1 Å². The highest BCUT2D eigenvalue weighted by molar-refractivity contribution is 7.89. The van der Waals surface area contributed by atoms with E-state index in [2.05, 4.69) is 9.97 Å². The van der Waals surface area contributed by atoms with Crippen LogP contribution in [0, 0.1) is 5.82 Å². The lowest BCUT2D eigenvalue weighted by Gasteiger charge is -2.44. The minimum Gasteiger partial charge on any atom is -0.447 e. The third-order valence-corrected chi connectivity index (χ3v) is 8.38. The molecule has 0 radical (unpaired) electrons. The lowest BCUT2D eigenvalue weighted by molar-refractivity contribution is -0.136. The number of piperazine rings is 1. The highest BCUT2D eigenvalue weighted by Crippen LogP contribution is 2.38. The number of hydrogen-bond donors (Lipinski definition) is 2. The van der Waals surface area contributed by atoms with E-state index in [0.29, 0.717) is 12.8 Å². The Kier molecular flexibility index (Phi) is 7.35. The first-order valence-corrected chi connectivity index (χ1v) is 13.3. The molecule has 2 aliphatic rings. The molecule has 0 saturated carbocycles. The first kappa shape index (κ1) is 26.7. The number of aromatic nitrogens is 2. The van der Waals surface area contributed by atoms with Crippen molar-refractivity contribution in [3.05, 3.63) is 42.3 Å². The molecule has 0 spiro atoms. The topological polar surface area (TPSA) is 174 Å². The molecule has 2 N–H and O–H groups in total. The maximum atomic E-state index is 13.6. The molecule has 2 aliphatic heterocycles. The number of hydroxylamine groups is 1.